The average molecular weight is 177 g/mol. The van der Waals surface area contributed by atoms with Crippen LogP contribution in [-0.4, -0.2) is 23.5 Å². The van der Waals surface area contributed by atoms with E-state index in [1.807, 2.05) is 18.2 Å². The van der Waals surface area contributed by atoms with Crippen molar-refractivity contribution in [2.24, 2.45) is 0 Å². The minimum absolute atomic E-state index is 0.651. The van der Waals surface area contributed by atoms with Crippen LogP contribution in [0.25, 0.3) is 0 Å². The Kier molecular flexibility index (Phi) is 2.04. The van der Waals surface area contributed by atoms with Crippen molar-refractivity contribution in [2.75, 3.05) is 13.2 Å². The first-order valence-electron chi connectivity index (χ1n) is 3.93. The number of benzene rings is 1. The van der Waals surface area contributed by atoms with Crippen molar-refractivity contribution < 1.29 is 9.47 Å². The number of rotatable bonds is 1. The molecule has 2 nitrogen and oxygen atoms in total. The molecule has 0 bridgehead atoms. The largest absolute Gasteiger partial charge is 0.486 e. The quantitative estimate of drug-likeness (QED) is 0.599. The SMILES string of the molecule is [Si]Cc1ccc2c(c1)OCCO2. The second kappa shape index (κ2) is 3.19. The summed E-state index contributed by atoms with van der Waals surface area (Å²) in [5.74, 6) is 1.71. The van der Waals surface area contributed by atoms with Gasteiger partial charge in [0, 0.05) is 10.2 Å². The Bertz CT molecular complexity index is 286. The lowest BCUT2D eigenvalue weighted by Crippen LogP contribution is -2.15. The highest BCUT2D eigenvalue weighted by molar-refractivity contribution is 6.08. The lowest BCUT2D eigenvalue weighted by molar-refractivity contribution is 0.171. The summed E-state index contributed by atoms with van der Waals surface area (Å²) in [5.41, 5.74) is 1.20. The highest BCUT2D eigenvalue weighted by atomic mass is 28.1. The number of ether oxygens (including phenoxy) is 2. The normalized spacial score (nSPS) is 14.4. The first-order chi connectivity index (χ1) is 5.90. The van der Waals surface area contributed by atoms with Crippen LogP contribution in [-0.2, 0) is 6.04 Å². The van der Waals surface area contributed by atoms with Crippen molar-refractivity contribution in [1.82, 2.24) is 0 Å². The summed E-state index contributed by atoms with van der Waals surface area (Å²) in [4.78, 5) is 0. The molecular formula is C9H9O2Si. The maximum Gasteiger partial charge on any atom is 0.161 e. The van der Waals surface area contributed by atoms with E-state index in [1.54, 1.807) is 0 Å². The smallest absolute Gasteiger partial charge is 0.161 e. The first-order valence-corrected chi connectivity index (χ1v) is 4.64. The van der Waals surface area contributed by atoms with Gasteiger partial charge >= 0.3 is 0 Å². The fourth-order valence-corrected chi connectivity index (χ4v) is 1.42. The van der Waals surface area contributed by atoms with E-state index in [-0.39, 0.29) is 0 Å². The van der Waals surface area contributed by atoms with Gasteiger partial charge in [-0.3, -0.25) is 0 Å². The molecular weight excluding hydrogens is 168 g/mol. The monoisotopic (exact) mass is 177 g/mol. The molecule has 0 aliphatic carbocycles. The molecule has 2 rings (SSSR count). The van der Waals surface area contributed by atoms with Gasteiger partial charge in [0.2, 0.25) is 0 Å². The Morgan fingerprint density at radius 1 is 1.17 bits per heavy atom. The van der Waals surface area contributed by atoms with E-state index in [1.165, 1.54) is 5.56 Å². The second-order valence-electron chi connectivity index (χ2n) is 2.65. The molecule has 61 valence electrons. The topological polar surface area (TPSA) is 18.5 Å². The summed E-state index contributed by atoms with van der Waals surface area (Å²) in [6, 6.07) is 6.82. The summed E-state index contributed by atoms with van der Waals surface area (Å²) in [7, 11) is 3.44. The van der Waals surface area contributed by atoms with Gasteiger partial charge in [-0.2, -0.15) is 0 Å². The number of hydrogen-bond donors (Lipinski definition) is 0. The van der Waals surface area contributed by atoms with E-state index in [0.29, 0.717) is 13.2 Å². The summed E-state index contributed by atoms with van der Waals surface area (Å²) in [6.45, 7) is 1.30. The highest BCUT2D eigenvalue weighted by Gasteiger charge is 2.10. The third kappa shape index (κ3) is 1.32. The van der Waals surface area contributed by atoms with Crippen molar-refractivity contribution >= 4 is 10.2 Å². The molecule has 1 aliphatic heterocycles. The van der Waals surface area contributed by atoms with Crippen molar-refractivity contribution in [3.63, 3.8) is 0 Å². The van der Waals surface area contributed by atoms with Gasteiger partial charge in [0.1, 0.15) is 13.2 Å². The molecule has 0 atom stereocenters. The van der Waals surface area contributed by atoms with Gasteiger partial charge < -0.3 is 9.47 Å². The van der Waals surface area contributed by atoms with Crippen molar-refractivity contribution in [3.05, 3.63) is 23.8 Å². The van der Waals surface area contributed by atoms with Crippen LogP contribution in [0.5, 0.6) is 11.5 Å². The van der Waals surface area contributed by atoms with Crippen LogP contribution >= 0.6 is 0 Å². The molecule has 0 aromatic heterocycles. The molecule has 1 aromatic carbocycles. The molecule has 1 heterocycles. The van der Waals surface area contributed by atoms with E-state index in [4.69, 9.17) is 9.47 Å². The van der Waals surface area contributed by atoms with Crippen molar-refractivity contribution in [3.8, 4) is 11.5 Å². The van der Waals surface area contributed by atoms with Crippen LogP contribution in [0.15, 0.2) is 18.2 Å². The molecule has 3 heteroatoms. The zero-order valence-electron chi connectivity index (χ0n) is 6.67. The Balaban J connectivity index is 2.36. The van der Waals surface area contributed by atoms with Gasteiger partial charge in [-0.15, -0.1) is 0 Å². The first kappa shape index (κ1) is 7.67. The molecule has 3 radical (unpaired) electrons. The third-order valence-electron chi connectivity index (χ3n) is 1.81. The molecule has 1 aliphatic rings. The second-order valence-corrected chi connectivity index (χ2v) is 3.01. The average Bonchev–Trinajstić information content (AvgIpc) is 2.17. The Morgan fingerprint density at radius 2 is 1.92 bits per heavy atom. The lowest BCUT2D eigenvalue weighted by atomic mass is 10.2. The van der Waals surface area contributed by atoms with Gasteiger partial charge in [0.05, 0.1) is 0 Å². The fourth-order valence-electron chi connectivity index (χ4n) is 1.20. The van der Waals surface area contributed by atoms with Crippen molar-refractivity contribution in [1.29, 1.82) is 0 Å². The van der Waals surface area contributed by atoms with Crippen molar-refractivity contribution in [2.45, 2.75) is 6.04 Å². The molecule has 0 amide bonds. The van der Waals surface area contributed by atoms with E-state index < -0.39 is 0 Å². The predicted octanol–water partition coefficient (Wildman–Crippen LogP) is 1.13. The van der Waals surface area contributed by atoms with E-state index in [9.17, 15) is 0 Å². The molecule has 0 saturated carbocycles. The molecule has 0 spiro atoms. The van der Waals surface area contributed by atoms with Crippen LogP contribution in [0.2, 0.25) is 0 Å². The number of hydrogen-bond acceptors (Lipinski definition) is 2. The van der Waals surface area contributed by atoms with Gasteiger partial charge in [-0.1, -0.05) is 6.07 Å². The molecule has 1 aromatic rings. The zero-order chi connectivity index (χ0) is 8.39. The molecule has 0 fully saturated rings. The van der Waals surface area contributed by atoms with Gasteiger partial charge in [-0.05, 0) is 23.7 Å². The zero-order valence-corrected chi connectivity index (χ0v) is 7.67. The molecule has 0 saturated heterocycles. The minimum atomic E-state index is 0.651. The fraction of sp³-hybridized carbons (Fsp3) is 0.333. The maximum absolute atomic E-state index is 5.42. The summed E-state index contributed by atoms with van der Waals surface area (Å²) in [6.07, 6.45) is 0. The van der Waals surface area contributed by atoms with E-state index in [0.717, 1.165) is 17.5 Å². The van der Waals surface area contributed by atoms with Crippen LogP contribution in [0.1, 0.15) is 5.56 Å². The summed E-state index contributed by atoms with van der Waals surface area (Å²) < 4.78 is 10.8. The van der Waals surface area contributed by atoms with E-state index >= 15 is 0 Å². The predicted molar refractivity (Wildman–Crippen MR) is 46.9 cm³/mol. The van der Waals surface area contributed by atoms with Crippen LogP contribution in [0, 0.1) is 0 Å². The maximum atomic E-state index is 5.42. The highest BCUT2D eigenvalue weighted by Crippen LogP contribution is 2.30. The van der Waals surface area contributed by atoms with Crippen LogP contribution < -0.4 is 9.47 Å². The van der Waals surface area contributed by atoms with Gasteiger partial charge in [0.15, 0.2) is 11.5 Å². The Morgan fingerprint density at radius 3 is 2.67 bits per heavy atom. The summed E-state index contributed by atoms with van der Waals surface area (Å²) >= 11 is 0. The molecule has 0 N–H and O–H groups in total. The van der Waals surface area contributed by atoms with Gasteiger partial charge in [-0.25, -0.2) is 0 Å². The van der Waals surface area contributed by atoms with E-state index in [2.05, 4.69) is 10.2 Å². The minimum Gasteiger partial charge on any atom is -0.486 e. The Labute approximate surface area is 74.9 Å². The standard InChI is InChI=1S/C9H9O2Si/c12-6-7-1-2-8-9(5-7)11-4-3-10-8/h1-2,5H,3-4,6H2. The number of fused-ring (bicyclic) bond motifs is 1. The Hall–Kier alpha value is -0.963. The van der Waals surface area contributed by atoms with Gasteiger partial charge in [0.25, 0.3) is 0 Å². The third-order valence-corrected chi connectivity index (χ3v) is 2.22. The van der Waals surface area contributed by atoms with Crippen LogP contribution in [0.4, 0.5) is 0 Å². The lowest BCUT2D eigenvalue weighted by Gasteiger charge is -2.18. The molecule has 12 heavy (non-hydrogen) atoms. The summed E-state index contributed by atoms with van der Waals surface area (Å²) in [5, 5.41) is 0. The molecule has 0 unspecified atom stereocenters. The van der Waals surface area contributed by atoms with Crippen LogP contribution in [0.3, 0.4) is 0 Å².